The van der Waals surface area contributed by atoms with Crippen molar-refractivity contribution >= 4 is 11.6 Å². The van der Waals surface area contributed by atoms with Crippen LogP contribution in [0.3, 0.4) is 0 Å². The zero-order valence-corrected chi connectivity index (χ0v) is 12.8. The fraction of sp³-hybridized carbons (Fsp3) is 0. The molecule has 3 aromatic carbocycles. The zero-order valence-electron chi connectivity index (χ0n) is 12.8. The first kappa shape index (κ1) is 16.6. The minimum absolute atomic E-state index is 0.104. The predicted octanol–water partition coefficient (Wildman–Crippen LogP) is 4.57. The van der Waals surface area contributed by atoms with E-state index in [0.29, 0.717) is 0 Å². The average Bonchev–Trinajstić information content (AvgIpc) is 2.61. The van der Waals surface area contributed by atoms with Gasteiger partial charge in [-0.1, -0.05) is 30.3 Å². The highest BCUT2D eigenvalue weighted by molar-refractivity contribution is 6.12. The van der Waals surface area contributed by atoms with Crippen LogP contribution in [-0.4, -0.2) is 11.6 Å². The van der Waals surface area contributed by atoms with E-state index in [1.165, 1.54) is 42.5 Å². The van der Waals surface area contributed by atoms with Crippen LogP contribution < -0.4 is 0 Å². The molecule has 0 amide bonds. The highest BCUT2D eigenvalue weighted by Crippen LogP contribution is 2.20. The molecule has 25 heavy (non-hydrogen) atoms. The quantitative estimate of drug-likeness (QED) is 0.652. The number of benzene rings is 3. The van der Waals surface area contributed by atoms with Crippen molar-refractivity contribution in [2.45, 2.75) is 0 Å². The molecule has 3 aromatic rings. The normalized spacial score (nSPS) is 10.5. The van der Waals surface area contributed by atoms with Gasteiger partial charge in [0.1, 0.15) is 17.5 Å². The Hall–Kier alpha value is -3.21. The molecule has 0 saturated heterocycles. The highest BCUT2D eigenvalue weighted by atomic mass is 19.1. The molecule has 0 aliphatic carbocycles. The van der Waals surface area contributed by atoms with Crippen LogP contribution in [0.25, 0.3) is 0 Å². The largest absolute Gasteiger partial charge is 0.288 e. The van der Waals surface area contributed by atoms with Gasteiger partial charge in [0.25, 0.3) is 0 Å². The maximum atomic E-state index is 14.3. The molecule has 5 heteroatoms. The summed E-state index contributed by atoms with van der Waals surface area (Å²) >= 11 is 0. The topological polar surface area (TPSA) is 34.1 Å². The molecule has 0 atom stereocenters. The third-order valence-corrected chi connectivity index (χ3v) is 3.71. The van der Waals surface area contributed by atoms with Gasteiger partial charge in [-0.25, -0.2) is 13.2 Å². The Kier molecular flexibility index (Phi) is 4.48. The summed E-state index contributed by atoms with van der Waals surface area (Å²) in [4.78, 5) is 24.5. The van der Waals surface area contributed by atoms with Crippen molar-refractivity contribution in [3.63, 3.8) is 0 Å². The van der Waals surface area contributed by atoms with E-state index in [1.807, 2.05) is 0 Å². The van der Waals surface area contributed by atoms with Crippen molar-refractivity contribution in [3.8, 4) is 0 Å². The van der Waals surface area contributed by atoms with Gasteiger partial charge in [-0.3, -0.25) is 9.59 Å². The Morgan fingerprint density at radius 2 is 1.04 bits per heavy atom. The minimum atomic E-state index is -0.976. The van der Waals surface area contributed by atoms with Crippen LogP contribution in [0.1, 0.15) is 31.8 Å². The van der Waals surface area contributed by atoms with E-state index in [0.717, 1.165) is 24.3 Å². The molecule has 0 heterocycles. The summed E-state index contributed by atoms with van der Waals surface area (Å²) in [6.07, 6.45) is 0. The molecule has 0 bridgehead atoms. The summed E-state index contributed by atoms with van der Waals surface area (Å²) in [5.74, 6) is -4.00. The molecule has 2 nitrogen and oxygen atoms in total. The summed E-state index contributed by atoms with van der Waals surface area (Å²) in [7, 11) is 0. The van der Waals surface area contributed by atoms with E-state index in [1.54, 1.807) is 0 Å². The number of carbonyl (C=O) groups is 2. The monoisotopic (exact) mass is 340 g/mol. The fourth-order valence-electron chi connectivity index (χ4n) is 2.43. The summed E-state index contributed by atoms with van der Waals surface area (Å²) < 4.78 is 41.7. The standard InChI is InChI=1S/C20H11F3O2/c21-16-7-3-1-5-13(16)19(24)12-9-10-15(18(23)11-12)20(25)14-6-2-4-8-17(14)22/h1-11H. The maximum absolute atomic E-state index is 14.3. The molecule has 124 valence electrons. The van der Waals surface area contributed by atoms with E-state index >= 15 is 0 Å². The van der Waals surface area contributed by atoms with Crippen LogP contribution in [0.2, 0.25) is 0 Å². The van der Waals surface area contributed by atoms with Gasteiger partial charge < -0.3 is 0 Å². The summed E-state index contributed by atoms with van der Waals surface area (Å²) in [6, 6.07) is 13.7. The lowest BCUT2D eigenvalue weighted by molar-refractivity contribution is 0.102. The van der Waals surface area contributed by atoms with Gasteiger partial charge in [0.05, 0.1) is 16.7 Å². The Morgan fingerprint density at radius 3 is 1.56 bits per heavy atom. The highest BCUT2D eigenvalue weighted by Gasteiger charge is 2.20. The number of ketones is 2. The zero-order chi connectivity index (χ0) is 18.0. The first-order chi connectivity index (χ1) is 12.0. The lowest BCUT2D eigenvalue weighted by atomic mass is 9.97. The van der Waals surface area contributed by atoms with Crippen LogP contribution in [-0.2, 0) is 0 Å². The first-order valence-corrected chi connectivity index (χ1v) is 7.37. The Morgan fingerprint density at radius 1 is 0.560 bits per heavy atom. The minimum Gasteiger partial charge on any atom is -0.288 e. The molecular formula is C20H11F3O2. The summed E-state index contributed by atoms with van der Waals surface area (Å²) in [5.41, 5.74) is -0.937. The molecule has 0 aliphatic heterocycles. The van der Waals surface area contributed by atoms with Gasteiger partial charge in [-0.05, 0) is 36.4 Å². The molecule has 0 aliphatic rings. The molecule has 0 unspecified atom stereocenters. The molecule has 0 aromatic heterocycles. The lowest BCUT2D eigenvalue weighted by Gasteiger charge is -2.07. The van der Waals surface area contributed by atoms with Crippen molar-refractivity contribution in [3.05, 3.63) is 106 Å². The van der Waals surface area contributed by atoms with E-state index in [2.05, 4.69) is 0 Å². The molecule has 0 N–H and O–H groups in total. The van der Waals surface area contributed by atoms with Crippen molar-refractivity contribution in [1.29, 1.82) is 0 Å². The Labute approximate surface area is 141 Å². The van der Waals surface area contributed by atoms with Gasteiger partial charge in [0.15, 0.2) is 11.6 Å². The Bertz CT molecular complexity index is 980. The third-order valence-electron chi connectivity index (χ3n) is 3.71. The lowest BCUT2D eigenvalue weighted by Crippen LogP contribution is -2.09. The number of rotatable bonds is 4. The number of hydrogen-bond donors (Lipinski definition) is 0. The van der Waals surface area contributed by atoms with E-state index < -0.39 is 29.0 Å². The molecular weight excluding hydrogens is 329 g/mol. The Balaban J connectivity index is 1.97. The van der Waals surface area contributed by atoms with Crippen molar-refractivity contribution in [2.24, 2.45) is 0 Å². The van der Waals surface area contributed by atoms with Gasteiger partial charge in [-0.15, -0.1) is 0 Å². The number of halogens is 3. The van der Waals surface area contributed by atoms with Crippen LogP contribution in [0.5, 0.6) is 0 Å². The van der Waals surface area contributed by atoms with Crippen LogP contribution >= 0.6 is 0 Å². The fourth-order valence-corrected chi connectivity index (χ4v) is 2.43. The molecule has 3 rings (SSSR count). The smallest absolute Gasteiger partial charge is 0.198 e. The van der Waals surface area contributed by atoms with Crippen molar-refractivity contribution in [2.75, 3.05) is 0 Å². The second kappa shape index (κ2) is 6.73. The third kappa shape index (κ3) is 3.21. The van der Waals surface area contributed by atoms with Crippen LogP contribution in [0.4, 0.5) is 13.2 Å². The average molecular weight is 340 g/mol. The van der Waals surface area contributed by atoms with Gasteiger partial charge >= 0.3 is 0 Å². The number of hydrogen-bond acceptors (Lipinski definition) is 2. The molecule has 0 radical (unpaired) electrons. The van der Waals surface area contributed by atoms with E-state index in [9.17, 15) is 22.8 Å². The maximum Gasteiger partial charge on any atom is 0.198 e. The first-order valence-electron chi connectivity index (χ1n) is 7.37. The molecule has 0 saturated carbocycles. The van der Waals surface area contributed by atoms with E-state index in [4.69, 9.17) is 0 Å². The van der Waals surface area contributed by atoms with Crippen molar-refractivity contribution in [1.82, 2.24) is 0 Å². The second-order valence-corrected chi connectivity index (χ2v) is 5.31. The van der Waals surface area contributed by atoms with Crippen LogP contribution in [0, 0.1) is 17.5 Å². The molecule has 0 fully saturated rings. The van der Waals surface area contributed by atoms with Crippen molar-refractivity contribution < 1.29 is 22.8 Å². The number of carbonyl (C=O) groups excluding carboxylic acids is 2. The van der Waals surface area contributed by atoms with Gasteiger partial charge in [0, 0.05) is 5.56 Å². The van der Waals surface area contributed by atoms with Crippen LogP contribution in [0.15, 0.2) is 66.7 Å². The molecule has 0 spiro atoms. The SMILES string of the molecule is O=C(c1ccc(C(=O)c2ccccc2F)c(F)c1)c1ccccc1F. The second-order valence-electron chi connectivity index (χ2n) is 5.31. The summed E-state index contributed by atoms with van der Waals surface area (Å²) in [5, 5.41) is 0. The van der Waals surface area contributed by atoms with Gasteiger partial charge in [0.2, 0.25) is 0 Å². The van der Waals surface area contributed by atoms with E-state index in [-0.39, 0.29) is 22.3 Å². The summed E-state index contributed by atoms with van der Waals surface area (Å²) in [6.45, 7) is 0. The predicted molar refractivity (Wildman–Crippen MR) is 86.1 cm³/mol. The van der Waals surface area contributed by atoms with Gasteiger partial charge in [-0.2, -0.15) is 0 Å².